The molecule has 0 radical (unpaired) electrons. The minimum Gasteiger partial charge on any atom is -0.493 e. The summed E-state index contributed by atoms with van der Waals surface area (Å²) in [4.78, 5) is 24.9. The summed E-state index contributed by atoms with van der Waals surface area (Å²) < 4.78 is 15.4. The van der Waals surface area contributed by atoms with Crippen molar-refractivity contribution >= 4 is 33.9 Å². The van der Waals surface area contributed by atoms with Crippen LogP contribution in [-0.4, -0.2) is 33.2 Å². The lowest BCUT2D eigenvalue weighted by atomic mass is 10.0. The Kier molecular flexibility index (Phi) is 6.60. The highest BCUT2D eigenvalue weighted by Gasteiger charge is 2.18. The average Bonchev–Trinajstić information content (AvgIpc) is 2.77. The number of esters is 1. The number of anilines is 1. The van der Waals surface area contributed by atoms with Crippen molar-refractivity contribution in [3.63, 3.8) is 0 Å². The van der Waals surface area contributed by atoms with Gasteiger partial charge in [0.25, 0.3) is 0 Å². The summed E-state index contributed by atoms with van der Waals surface area (Å²) in [5.41, 5.74) is 3.36. The van der Waals surface area contributed by atoms with E-state index in [9.17, 15) is 9.59 Å². The van der Waals surface area contributed by atoms with Gasteiger partial charge in [0.1, 0.15) is 0 Å². The largest absolute Gasteiger partial charge is 0.493 e. The van der Waals surface area contributed by atoms with Crippen LogP contribution in [0, 0.1) is 6.92 Å². The van der Waals surface area contributed by atoms with Crippen molar-refractivity contribution in [3.8, 4) is 11.5 Å². The molecule has 0 fully saturated rings. The molecular formula is C25H25NO5. The zero-order valence-corrected chi connectivity index (χ0v) is 18.2. The summed E-state index contributed by atoms with van der Waals surface area (Å²) in [6, 6.07) is 15.3. The van der Waals surface area contributed by atoms with Gasteiger partial charge in [0.05, 0.1) is 32.6 Å². The molecule has 0 unspecified atom stereocenters. The van der Waals surface area contributed by atoms with Crippen LogP contribution in [0.25, 0.3) is 16.3 Å². The molecule has 6 nitrogen and oxygen atoms in total. The lowest BCUT2D eigenvalue weighted by molar-refractivity contribution is -0.111. The molecule has 0 aliphatic rings. The number of amides is 1. The molecule has 0 aliphatic heterocycles. The number of nitrogens with one attached hydrogen (secondary N) is 1. The Morgan fingerprint density at radius 1 is 0.871 bits per heavy atom. The third-order valence-corrected chi connectivity index (χ3v) is 4.99. The van der Waals surface area contributed by atoms with E-state index in [4.69, 9.17) is 14.2 Å². The summed E-state index contributed by atoms with van der Waals surface area (Å²) in [7, 11) is 4.22. The maximum atomic E-state index is 12.7. The van der Waals surface area contributed by atoms with Crippen molar-refractivity contribution < 1.29 is 23.8 Å². The zero-order chi connectivity index (χ0) is 22.5. The molecule has 0 spiro atoms. The second-order valence-corrected chi connectivity index (χ2v) is 7.13. The standard InChI is InChI=1S/C25H25NO5/c1-15-6-7-19-12-17(8-9-18(19)10-15)16(2)11-24(27)26-21-14-23(30-4)22(29-3)13-20(21)25(28)31-5/h6-14H,1-5H3,(H,26,27)/b16-11-. The van der Waals surface area contributed by atoms with Gasteiger partial charge in [0, 0.05) is 18.2 Å². The Balaban J connectivity index is 1.90. The minimum absolute atomic E-state index is 0.167. The number of carbonyl (C=O) groups is 2. The highest BCUT2D eigenvalue weighted by Crippen LogP contribution is 2.34. The molecule has 0 aromatic heterocycles. The van der Waals surface area contributed by atoms with E-state index in [1.54, 1.807) is 0 Å². The van der Waals surface area contributed by atoms with Gasteiger partial charge < -0.3 is 19.5 Å². The summed E-state index contributed by atoms with van der Waals surface area (Å²) >= 11 is 0. The fourth-order valence-electron chi connectivity index (χ4n) is 3.32. The normalized spacial score (nSPS) is 11.2. The van der Waals surface area contributed by atoms with Crippen LogP contribution >= 0.6 is 0 Å². The summed E-state index contributed by atoms with van der Waals surface area (Å²) in [6.45, 7) is 3.92. The van der Waals surface area contributed by atoms with Gasteiger partial charge in [-0.3, -0.25) is 4.79 Å². The second kappa shape index (κ2) is 9.34. The lowest BCUT2D eigenvalue weighted by Gasteiger charge is -2.14. The Labute approximate surface area is 181 Å². The van der Waals surface area contributed by atoms with Crippen molar-refractivity contribution in [3.05, 3.63) is 71.3 Å². The van der Waals surface area contributed by atoms with Crippen molar-refractivity contribution in [1.29, 1.82) is 0 Å². The third kappa shape index (κ3) is 4.86. The number of allylic oxidation sites excluding steroid dienone is 1. The molecule has 3 aromatic rings. The van der Waals surface area contributed by atoms with Gasteiger partial charge in [-0.2, -0.15) is 0 Å². The van der Waals surface area contributed by atoms with E-state index in [2.05, 4.69) is 30.4 Å². The highest BCUT2D eigenvalue weighted by atomic mass is 16.5. The smallest absolute Gasteiger partial charge is 0.340 e. The number of aryl methyl sites for hydroxylation is 1. The topological polar surface area (TPSA) is 73.9 Å². The van der Waals surface area contributed by atoms with Crippen LogP contribution in [0.5, 0.6) is 11.5 Å². The molecule has 0 bridgehead atoms. The predicted molar refractivity (Wildman–Crippen MR) is 122 cm³/mol. The Bertz CT molecular complexity index is 1180. The molecule has 0 heterocycles. The number of ether oxygens (including phenoxy) is 3. The van der Waals surface area contributed by atoms with Gasteiger partial charge in [-0.25, -0.2) is 4.79 Å². The van der Waals surface area contributed by atoms with Crippen LogP contribution in [-0.2, 0) is 9.53 Å². The fourth-order valence-corrected chi connectivity index (χ4v) is 3.32. The van der Waals surface area contributed by atoms with Crippen LogP contribution in [0.2, 0.25) is 0 Å². The first-order valence-corrected chi connectivity index (χ1v) is 9.70. The molecule has 3 aromatic carbocycles. The van der Waals surface area contributed by atoms with Gasteiger partial charge in [-0.05, 0) is 41.8 Å². The van der Waals surface area contributed by atoms with E-state index in [1.165, 1.54) is 45.1 Å². The van der Waals surface area contributed by atoms with E-state index in [0.717, 1.165) is 21.9 Å². The first-order chi connectivity index (χ1) is 14.9. The van der Waals surface area contributed by atoms with Crippen molar-refractivity contribution in [2.45, 2.75) is 13.8 Å². The van der Waals surface area contributed by atoms with Gasteiger partial charge in [0.15, 0.2) is 11.5 Å². The molecule has 160 valence electrons. The number of carbonyl (C=O) groups excluding carboxylic acids is 2. The number of hydrogen-bond donors (Lipinski definition) is 1. The van der Waals surface area contributed by atoms with E-state index >= 15 is 0 Å². The van der Waals surface area contributed by atoms with Crippen LogP contribution in [0.3, 0.4) is 0 Å². The molecule has 0 saturated heterocycles. The number of fused-ring (bicyclic) bond motifs is 1. The monoisotopic (exact) mass is 419 g/mol. The lowest BCUT2D eigenvalue weighted by Crippen LogP contribution is -2.14. The van der Waals surface area contributed by atoms with Crippen molar-refractivity contribution in [2.24, 2.45) is 0 Å². The average molecular weight is 419 g/mol. The van der Waals surface area contributed by atoms with Gasteiger partial charge >= 0.3 is 5.97 Å². The summed E-state index contributed by atoms with van der Waals surface area (Å²) in [5.74, 6) is -0.226. The molecule has 1 N–H and O–H groups in total. The van der Waals surface area contributed by atoms with Gasteiger partial charge in [-0.15, -0.1) is 0 Å². The van der Waals surface area contributed by atoms with Gasteiger partial charge in [0.2, 0.25) is 5.91 Å². The van der Waals surface area contributed by atoms with E-state index in [-0.39, 0.29) is 17.2 Å². The number of methoxy groups -OCH3 is 3. The Morgan fingerprint density at radius 3 is 2.19 bits per heavy atom. The van der Waals surface area contributed by atoms with E-state index in [1.807, 2.05) is 25.1 Å². The number of hydrogen-bond acceptors (Lipinski definition) is 5. The molecule has 0 atom stereocenters. The molecular weight excluding hydrogens is 394 g/mol. The van der Waals surface area contributed by atoms with E-state index in [0.29, 0.717) is 11.5 Å². The SMILES string of the molecule is COC(=O)c1cc(OC)c(OC)cc1NC(=O)/C=C(/C)c1ccc2cc(C)ccc2c1. The van der Waals surface area contributed by atoms with Crippen LogP contribution in [0.1, 0.15) is 28.4 Å². The Hall–Kier alpha value is -3.80. The third-order valence-electron chi connectivity index (χ3n) is 4.99. The van der Waals surface area contributed by atoms with Crippen LogP contribution in [0.4, 0.5) is 5.69 Å². The van der Waals surface area contributed by atoms with Crippen molar-refractivity contribution in [1.82, 2.24) is 0 Å². The minimum atomic E-state index is -0.596. The first kappa shape index (κ1) is 21.9. The highest BCUT2D eigenvalue weighted by molar-refractivity contribution is 6.08. The number of rotatable bonds is 6. The molecule has 1 amide bonds. The summed E-state index contributed by atoms with van der Waals surface area (Å²) in [6.07, 6.45) is 1.49. The maximum absolute atomic E-state index is 12.7. The molecule has 0 saturated carbocycles. The zero-order valence-electron chi connectivity index (χ0n) is 18.2. The predicted octanol–water partition coefficient (Wildman–Crippen LogP) is 4.99. The van der Waals surface area contributed by atoms with E-state index < -0.39 is 5.97 Å². The maximum Gasteiger partial charge on any atom is 0.340 e. The van der Waals surface area contributed by atoms with Gasteiger partial charge in [-0.1, -0.05) is 35.9 Å². The first-order valence-electron chi connectivity index (χ1n) is 9.70. The van der Waals surface area contributed by atoms with Crippen LogP contribution < -0.4 is 14.8 Å². The molecule has 31 heavy (non-hydrogen) atoms. The molecule has 6 heteroatoms. The second-order valence-electron chi connectivity index (χ2n) is 7.13. The van der Waals surface area contributed by atoms with Crippen LogP contribution in [0.15, 0.2) is 54.6 Å². The fraction of sp³-hybridized carbons (Fsp3) is 0.200. The Morgan fingerprint density at radius 2 is 1.52 bits per heavy atom. The molecule has 3 rings (SSSR count). The molecule has 0 aliphatic carbocycles. The van der Waals surface area contributed by atoms with Crippen molar-refractivity contribution in [2.75, 3.05) is 26.6 Å². The summed E-state index contributed by atoms with van der Waals surface area (Å²) in [5, 5.41) is 4.99. The quantitative estimate of drug-likeness (QED) is 0.450. The number of benzene rings is 3.